The predicted octanol–water partition coefficient (Wildman–Crippen LogP) is 3.76. The predicted molar refractivity (Wildman–Crippen MR) is 96.7 cm³/mol. The molecule has 0 bridgehead atoms. The molecule has 0 unspecified atom stereocenters. The normalized spacial score (nSPS) is 18.2. The third kappa shape index (κ3) is 4.48. The van der Waals surface area contributed by atoms with Crippen LogP contribution in [-0.4, -0.2) is 40.3 Å². The molecule has 134 valence electrons. The molecule has 2 heterocycles. The molecule has 0 amide bonds. The number of esters is 1. The van der Waals surface area contributed by atoms with Gasteiger partial charge in [0.1, 0.15) is 0 Å². The van der Waals surface area contributed by atoms with Gasteiger partial charge in [-0.15, -0.1) is 5.10 Å². The molecule has 6 nitrogen and oxygen atoms in total. The maximum Gasteiger partial charge on any atom is 0.310 e. The van der Waals surface area contributed by atoms with Crippen molar-refractivity contribution in [2.45, 2.75) is 26.4 Å². The lowest BCUT2D eigenvalue weighted by molar-refractivity contribution is -0.150. The van der Waals surface area contributed by atoms with E-state index >= 15 is 0 Å². The molecule has 0 N–H and O–H groups in total. The second kappa shape index (κ2) is 8.12. The number of piperidine rings is 1. The van der Waals surface area contributed by atoms with E-state index in [1.54, 1.807) is 16.8 Å². The van der Waals surface area contributed by atoms with Gasteiger partial charge in [-0.25, -0.2) is 4.68 Å². The van der Waals surface area contributed by atoms with Crippen molar-refractivity contribution in [2.24, 2.45) is 5.92 Å². The first-order chi connectivity index (χ1) is 12.1. The van der Waals surface area contributed by atoms with Crippen LogP contribution in [-0.2, 0) is 16.2 Å². The number of carbonyl (C=O) groups is 1. The van der Waals surface area contributed by atoms with Gasteiger partial charge in [0.05, 0.1) is 19.2 Å². The Kier molecular flexibility index (Phi) is 5.88. The Labute approximate surface area is 156 Å². The van der Waals surface area contributed by atoms with Crippen molar-refractivity contribution in [1.29, 1.82) is 0 Å². The molecule has 2 aromatic rings. The maximum atomic E-state index is 12.0. The van der Waals surface area contributed by atoms with Gasteiger partial charge in [-0.1, -0.05) is 17.7 Å². The third-order valence-electron chi connectivity index (χ3n) is 4.14. The zero-order valence-corrected chi connectivity index (χ0v) is 15.6. The highest BCUT2D eigenvalue weighted by atomic mass is 35.5. The number of halogens is 1. The molecule has 25 heavy (non-hydrogen) atoms. The number of rotatable bonds is 5. The number of likely N-dealkylation sites (tertiary alicyclic amines) is 1. The zero-order valence-electron chi connectivity index (χ0n) is 14.0. The van der Waals surface area contributed by atoms with Crippen LogP contribution >= 0.6 is 23.8 Å². The molecule has 0 spiro atoms. The summed E-state index contributed by atoms with van der Waals surface area (Å²) in [7, 11) is 0. The van der Waals surface area contributed by atoms with E-state index in [4.69, 9.17) is 33.0 Å². The van der Waals surface area contributed by atoms with E-state index in [-0.39, 0.29) is 11.9 Å². The van der Waals surface area contributed by atoms with Crippen LogP contribution in [0.2, 0.25) is 5.02 Å². The quantitative estimate of drug-likeness (QED) is 0.580. The molecule has 3 rings (SSSR count). The Morgan fingerprint density at radius 1 is 1.52 bits per heavy atom. The van der Waals surface area contributed by atoms with Crippen molar-refractivity contribution in [3.63, 3.8) is 0 Å². The standard InChI is InChI=1S/C17H20ClN3O3S/c1-2-23-16(22)13-6-4-8-20(10-13)11-21-17(25)24-15(19-21)12-5-3-7-14(18)9-12/h3,5,7,9,13H,2,4,6,8,10-11H2,1H3/t13-/m0/s1. The van der Waals surface area contributed by atoms with E-state index < -0.39 is 0 Å². The second-order valence-corrected chi connectivity index (χ2v) is 6.78. The lowest BCUT2D eigenvalue weighted by Gasteiger charge is -2.30. The summed E-state index contributed by atoms with van der Waals surface area (Å²) in [6.07, 6.45) is 1.79. The molecule has 1 atom stereocenters. The molecule has 0 saturated carbocycles. The molecule has 8 heteroatoms. The molecule has 1 aromatic carbocycles. The topological polar surface area (TPSA) is 60.5 Å². The summed E-state index contributed by atoms with van der Waals surface area (Å²) in [6.45, 7) is 4.24. The van der Waals surface area contributed by atoms with Crippen LogP contribution in [0.5, 0.6) is 0 Å². The summed E-state index contributed by atoms with van der Waals surface area (Å²) >= 11 is 11.3. The first kappa shape index (κ1) is 18.1. The van der Waals surface area contributed by atoms with Crippen molar-refractivity contribution >= 4 is 29.8 Å². The van der Waals surface area contributed by atoms with Crippen molar-refractivity contribution in [3.8, 4) is 11.5 Å². The summed E-state index contributed by atoms with van der Waals surface area (Å²) < 4.78 is 12.4. The molecule has 0 radical (unpaired) electrons. The smallest absolute Gasteiger partial charge is 0.310 e. The number of hydrogen-bond donors (Lipinski definition) is 0. The maximum absolute atomic E-state index is 12.0. The lowest BCUT2D eigenvalue weighted by Crippen LogP contribution is -2.40. The zero-order chi connectivity index (χ0) is 17.8. The van der Waals surface area contributed by atoms with E-state index in [0.29, 0.717) is 35.6 Å². The Morgan fingerprint density at radius 2 is 2.36 bits per heavy atom. The van der Waals surface area contributed by atoms with Crippen LogP contribution in [0.4, 0.5) is 0 Å². The largest absolute Gasteiger partial charge is 0.466 e. The van der Waals surface area contributed by atoms with Gasteiger partial charge in [0.25, 0.3) is 4.84 Å². The summed E-state index contributed by atoms with van der Waals surface area (Å²) in [5.74, 6) is 0.212. The minimum absolute atomic E-state index is 0.0952. The highest BCUT2D eigenvalue weighted by Gasteiger charge is 2.27. The summed E-state index contributed by atoms with van der Waals surface area (Å²) in [4.78, 5) is 14.4. The molecular formula is C17H20ClN3O3S. The highest BCUT2D eigenvalue weighted by Crippen LogP contribution is 2.23. The van der Waals surface area contributed by atoms with E-state index in [1.807, 2.05) is 19.1 Å². The average molecular weight is 382 g/mol. The van der Waals surface area contributed by atoms with Crippen LogP contribution in [0, 0.1) is 10.8 Å². The van der Waals surface area contributed by atoms with Gasteiger partial charge in [0.15, 0.2) is 0 Å². The van der Waals surface area contributed by atoms with E-state index in [2.05, 4.69) is 10.00 Å². The van der Waals surface area contributed by atoms with Gasteiger partial charge in [-0.3, -0.25) is 9.69 Å². The van der Waals surface area contributed by atoms with Crippen molar-refractivity contribution in [2.75, 3.05) is 19.7 Å². The van der Waals surface area contributed by atoms with E-state index in [0.717, 1.165) is 24.9 Å². The van der Waals surface area contributed by atoms with Gasteiger partial charge in [0.2, 0.25) is 5.89 Å². The van der Waals surface area contributed by atoms with Crippen LogP contribution in [0.15, 0.2) is 28.7 Å². The van der Waals surface area contributed by atoms with Crippen LogP contribution in [0.25, 0.3) is 11.5 Å². The number of hydrogen-bond acceptors (Lipinski definition) is 6. The number of ether oxygens (including phenoxy) is 1. The first-order valence-electron chi connectivity index (χ1n) is 8.29. The molecule has 1 saturated heterocycles. The van der Waals surface area contributed by atoms with Crippen molar-refractivity contribution in [1.82, 2.24) is 14.7 Å². The fourth-order valence-corrected chi connectivity index (χ4v) is 3.33. The van der Waals surface area contributed by atoms with Gasteiger partial charge in [-0.2, -0.15) is 0 Å². The Morgan fingerprint density at radius 3 is 3.12 bits per heavy atom. The van der Waals surface area contributed by atoms with Gasteiger partial charge in [0, 0.05) is 17.1 Å². The molecule has 0 aliphatic carbocycles. The van der Waals surface area contributed by atoms with E-state index in [9.17, 15) is 4.79 Å². The lowest BCUT2D eigenvalue weighted by atomic mass is 9.99. The Balaban J connectivity index is 1.71. The Bertz CT molecular complexity index is 804. The first-order valence-corrected chi connectivity index (χ1v) is 9.08. The molecule has 1 fully saturated rings. The van der Waals surface area contributed by atoms with Crippen molar-refractivity contribution in [3.05, 3.63) is 34.1 Å². The number of benzene rings is 1. The van der Waals surface area contributed by atoms with Crippen LogP contribution < -0.4 is 0 Å². The van der Waals surface area contributed by atoms with Gasteiger partial charge < -0.3 is 9.15 Å². The average Bonchev–Trinajstić information content (AvgIpc) is 2.96. The molecule has 1 aromatic heterocycles. The molecular weight excluding hydrogens is 362 g/mol. The van der Waals surface area contributed by atoms with Gasteiger partial charge >= 0.3 is 5.97 Å². The SMILES string of the molecule is CCOC(=O)[C@H]1CCCN(Cn2nc(-c3cccc(Cl)c3)oc2=S)C1. The molecule has 1 aliphatic heterocycles. The monoisotopic (exact) mass is 381 g/mol. The Hall–Kier alpha value is -1.70. The fraction of sp³-hybridized carbons (Fsp3) is 0.471. The minimum atomic E-state index is -0.129. The van der Waals surface area contributed by atoms with Crippen LogP contribution in [0.3, 0.4) is 0 Å². The third-order valence-corrected chi connectivity index (χ3v) is 4.67. The summed E-state index contributed by atoms with van der Waals surface area (Å²) in [6, 6.07) is 7.28. The number of carbonyl (C=O) groups excluding carboxylic acids is 1. The fourth-order valence-electron chi connectivity index (χ4n) is 2.96. The summed E-state index contributed by atoms with van der Waals surface area (Å²) in [5.41, 5.74) is 0.778. The number of aromatic nitrogens is 2. The minimum Gasteiger partial charge on any atom is -0.466 e. The number of nitrogens with zero attached hydrogens (tertiary/aromatic N) is 3. The second-order valence-electron chi connectivity index (χ2n) is 5.99. The summed E-state index contributed by atoms with van der Waals surface area (Å²) in [5, 5.41) is 5.06. The van der Waals surface area contributed by atoms with Gasteiger partial charge in [-0.05, 0) is 56.7 Å². The molecule has 1 aliphatic rings. The highest BCUT2D eigenvalue weighted by molar-refractivity contribution is 7.71. The van der Waals surface area contributed by atoms with Crippen molar-refractivity contribution < 1.29 is 13.9 Å². The van der Waals surface area contributed by atoms with Crippen LogP contribution in [0.1, 0.15) is 19.8 Å². The van der Waals surface area contributed by atoms with E-state index in [1.165, 1.54) is 0 Å².